The van der Waals surface area contributed by atoms with Gasteiger partial charge in [-0.1, -0.05) is 0 Å². The summed E-state index contributed by atoms with van der Waals surface area (Å²) in [5.74, 6) is 2.76. The van der Waals surface area contributed by atoms with Gasteiger partial charge in [0.25, 0.3) is 0 Å². The summed E-state index contributed by atoms with van der Waals surface area (Å²) in [7, 11) is 7.39. The average molecular weight is 245 g/mol. The molecule has 3 nitrogen and oxygen atoms in total. The van der Waals surface area contributed by atoms with Crippen LogP contribution in [-0.4, -0.2) is 40.8 Å². The normalized spacial score (nSPS) is 18.3. The molecule has 0 spiro atoms. The molecule has 0 bridgehead atoms. The Morgan fingerprint density at radius 3 is 2.56 bits per heavy atom. The molecule has 0 atom stereocenters. The second-order valence-electron chi connectivity index (χ2n) is 4.58. The van der Waals surface area contributed by atoms with E-state index in [4.69, 9.17) is 9.47 Å². The molecular weight excluding hydrogens is 225 g/mol. The number of benzene rings is 1. The number of hydrogen-bond donors (Lipinski definition) is 1. The number of ether oxygens (including phenoxy) is 2. The first kappa shape index (κ1) is 13.3. The Morgan fingerprint density at radius 2 is 2.00 bits per heavy atom. The van der Waals surface area contributed by atoms with Crippen molar-refractivity contribution in [3.05, 3.63) is 29.3 Å². The summed E-state index contributed by atoms with van der Waals surface area (Å²) in [6.07, 6.45) is 1.90. The van der Waals surface area contributed by atoms with E-state index >= 15 is 0 Å². The molecule has 1 fully saturated rings. The topological polar surface area (TPSA) is 30.5 Å². The Hall–Kier alpha value is -1.13. The maximum atomic E-state index is 5.88. The summed E-state index contributed by atoms with van der Waals surface area (Å²) in [6, 6.07) is 6.04. The molecule has 2 rings (SSSR count). The predicted octanol–water partition coefficient (Wildman–Crippen LogP) is 0.971. The Bertz CT molecular complexity index is 428. The fourth-order valence-electron chi connectivity index (χ4n) is 2.76. The number of nitrogens with one attached hydrogen (secondary N) is 1. The summed E-state index contributed by atoms with van der Waals surface area (Å²) >= 11 is 0. The van der Waals surface area contributed by atoms with E-state index in [1.165, 1.54) is 0 Å². The van der Waals surface area contributed by atoms with Crippen LogP contribution in [0.5, 0.6) is 5.75 Å². The van der Waals surface area contributed by atoms with Crippen LogP contribution in [0, 0.1) is 0 Å². The summed E-state index contributed by atoms with van der Waals surface area (Å²) in [4.78, 5) is 0. The van der Waals surface area contributed by atoms with Gasteiger partial charge in [-0.05, 0) is 0 Å². The SMILES string of the molecule is B=Cc1cccc(OC)c1C1(OC)CCNCC1. The van der Waals surface area contributed by atoms with E-state index in [0.29, 0.717) is 0 Å². The molecule has 18 heavy (non-hydrogen) atoms. The fourth-order valence-corrected chi connectivity index (χ4v) is 2.76. The van der Waals surface area contributed by atoms with Crippen LogP contribution in [0.15, 0.2) is 18.2 Å². The molecule has 96 valence electrons. The molecule has 1 aromatic rings. The quantitative estimate of drug-likeness (QED) is 0.802. The number of hydrogen-bond acceptors (Lipinski definition) is 3. The zero-order valence-corrected chi connectivity index (χ0v) is 11.2. The Kier molecular flexibility index (Phi) is 4.20. The van der Waals surface area contributed by atoms with Gasteiger partial charge in [-0.15, -0.1) is 0 Å². The second-order valence-corrected chi connectivity index (χ2v) is 4.58. The van der Waals surface area contributed by atoms with Gasteiger partial charge in [0.2, 0.25) is 0 Å². The van der Waals surface area contributed by atoms with E-state index in [1.54, 1.807) is 14.2 Å². The molecule has 0 unspecified atom stereocenters. The first-order chi connectivity index (χ1) is 8.77. The van der Waals surface area contributed by atoms with E-state index in [1.807, 2.05) is 18.1 Å². The van der Waals surface area contributed by atoms with Gasteiger partial charge in [-0.2, -0.15) is 0 Å². The molecular formula is C14H20BNO2. The van der Waals surface area contributed by atoms with Gasteiger partial charge < -0.3 is 0 Å². The molecule has 4 heteroatoms. The summed E-state index contributed by atoms with van der Waals surface area (Å²) in [6.45, 7) is 1.92. The van der Waals surface area contributed by atoms with Gasteiger partial charge in [0.15, 0.2) is 0 Å². The molecule has 1 N–H and O–H groups in total. The first-order valence-electron chi connectivity index (χ1n) is 6.33. The van der Waals surface area contributed by atoms with Gasteiger partial charge in [0.05, 0.1) is 0 Å². The van der Waals surface area contributed by atoms with Crippen LogP contribution in [0.1, 0.15) is 24.0 Å². The Balaban J connectivity index is 2.55. The first-order valence-corrected chi connectivity index (χ1v) is 6.33. The van der Waals surface area contributed by atoms with Crippen LogP contribution in [0.25, 0.3) is 0 Å². The van der Waals surface area contributed by atoms with Gasteiger partial charge >= 0.3 is 109 Å². The van der Waals surface area contributed by atoms with Crippen molar-refractivity contribution >= 4 is 13.5 Å². The minimum absolute atomic E-state index is 0.263. The van der Waals surface area contributed by atoms with Crippen molar-refractivity contribution in [3.63, 3.8) is 0 Å². The molecule has 1 aromatic carbocycles. The van der Waals surface area contributed by atoms with Gasteiger partial charge in [0.1, 0.15) is 0 Å². The van der Waals surface area contributed by atoms with Crippen molar-refractivity contribution in [1.82, 2.24) is 5.32 Å². The molecule has 0 saturated carbocycles. The summed E-state index contributed by atoms with van der Waals surface area (Å²) in [5.41, 5.74) is 1.96. The zero-order valence-electron chi connectivity index (χ0n) is 11.2. The van der Waals surface area contributed by atoms with Crippen LogP contribution in [0.3, 0.4) is 0 Å². The number of piperidine rings is 1. The molecule has 0 radical (unpaired) electrons. The van der Waals surface area contributed by atoms with Crippen molar-refractivity contribution in [2.75, 3.05) is 27.3 Å². The van der Waals surface area contributed by atoms with Crippen LogP contribution >= 0.6 is 0 Å². The number of methoxy groups -OCH3 is 2. The predicted molar refractivity (Wildman–Crippen MR) is 76.1 cm³/mol. The van der Waals surface area contributed by atoms with E-state index in [2.05, 4.69) is 18.9 Å². The standard InChI is InChI=1S/C14H20BNO2/c1-17-12-5-3-4-11(10-15)13(12)14(18-2)6-8-16-9-7-14/h3-5,10,15-16H,6-9H2,1-2H3. The van der Waals surface area contributed by atoms with Gasteiger partial charge in [0, 0.05) is 0 Å². The van der Waals surface area contributed by atoms with E-state index in [9.17, 15) is 0 Å². The third-order valence-corrected chi connectivity index (χ3v) is 3.76. The van der Waals surface area contributed by atoms with Crippen molar-refractivity contribution in [2.24, 2.45) is 0 Å². The molecule has 0 aromatic heterocycles. The van der Waals surface area contributed by atoms with Crippen LogP contribution in [0.4, 0.5) is 0 Å². The monoisotopic (exact) mass is 245 g/mol. The van der Waals surface area contributed by atoms with Gasteiger partial charge in [-0.3, -0.25) is 0 Å². The van der Waals surface area contributed by atoms with Gasteiger partial charge in [-0.25, -0.2) is 0 Å². The molecule has 1 aliphatic rings. The fraction of sp³-hybridized carbons (Fsp3) is 0.500. The molecule has 1 saturated heterocycles. The van der Waals surface area contributed by atoms with Crippen LogP contribution in [0.2, 0.25) is 0 Å². The van der Waals surface area contributed by atoms with Crippen LogP contribution in [-0.2, 0) is 10.3 Å². The molecule has 0 aliphatic carbocycles. The van der Waals surface area contributed by atoms with Crippen LogP contribution < -0.4 is 10.1 Å². The van der Waals surface area contributed by atoms with E-state index in [-0.39, 0.29) is 5.60 Å². The van der Waals surface area contributed by atoms with Crippen molar-refractivity contribution in [1.29, 1.82) is 0 Å². The second kappa shape index (κ2) is 5.68. The third-order valence-electron chi connectivity index (χ3n) is 3.76. The minimum atomic E-state index is -0.263. The molecule has 1 heterocycles. The van der Waals surface area contributed by atoms with Crippen molar-refractivity contribution < 1.29 is 9.47 Å². The summed E-state index contributed by atoms with van der Waals surface area (Å²) in [5, 5.41) is 3.37. The third kappa shape index (κ3) is 2.23. The zero-order chi connectivity index (χ0) is 13.0. The summed E-state index contributed by atoms with van der Waals surface area (Å²) < 4.78 is 11.4. The average Bonchev–Trinajstić information content (AvgIpc) is 2.47. The van der Waals surface area contributed by atoms with E-state index < -0.39 is 0 Å². The van der Waals surface area contributed by atoms with E-state index in [0.717, 1.165) is 42.8 Å². The van der Waals surface area contributed by atoms with Crippen molar-refractivity contribution in [3.8, 4) is 5.75 Å². The Labute approximate surface area is 110 Å². The Morgan fingerprint density at radius 1 is 1.28 bits per heavy atom. The van der Waals surface area contributed by atoms with Crippen molar-refractivity contribution in [2.45, 2.75) is 18.4 Å². The maximum absolute atomic E-state index is 5.88. The molecule has 1 aliphatic heterocycles. The number of rotatable bonds is 4. The molecule has 0 amide bonds.